The molecule has 0 radical (unpaired) electrons. The first-order valence-corrected chi connectivity index (χ1v) is 15.6. The van der Waals surface area contributed by atoms with Crippen molar-refractivity contribution >= 4 is 17.5 Å². The van der Waals surface area contributed by atoms with Crippen LogP contribution >= 0.6 is 0 Å². The maximum Gasteiger partial charge on any atom is 0.237 e. The SMILES string of the molecule is CC(COCC1CO1)CC1C2CC(C3C=CCC32)C1C1C(=O)N(c2c(C(C)C)cccc2C(C)C)C(=O)C1C. The second-order valence-corrected chi connectivity index (χ2v) is 14.0. The van der Waals surface area contributed by atoms with Gasteiger partial charge in [-0.05, 0) is 83.7 Å². The van der Waals surface area contributed by atoms with E-state index in [1.165, 1.54) is 12.8 Å². The number of amides is 2. The van der Waals surface area contributed by atoms with E-state index in [1.807, 2.05) is 6.92 Å². The normalized spacial score (nSPS) is 37.5. The van der Waals surface area contributed by atoms with Gasteiger partial charge in [0.05, 0.1) is 24.8 Å². The van der Waals surface area contributed by atoms with E-state index >= 15 is 0 Å². The molecule has 5 aliphatic rings. The summed E-state index contributed by atoms with van der Waals surface area (Å²) in [6.45, 7) is 15.2. The zero-order chi connectivity index (χ0) is 27.6. The molecule has 2 bridgehead atoms. The molecule has 5 heteroatoms. The summed E-state index contributed by atoms with van der Waals surface area (Å²) in [4.78, 5) is 30.3. The number of carbonyl (C=O) groups is 2. The molecule has 4 fully saturated rings. The summed E-state index contributed by atoms with van der Waals surface area (Å²) >= 11 is 0. The summed E-state index contributed by atoms with van der Waals surface area (Å²) in [5.41, 5.74) is 3.07. The van der Waals surface area contributed by atoms with Gasteiger partial charge in [0.25, 0.3) is 0 Å². The number of nitrogens with zero attached hydrogens (tertiary/aromatic N) is 1. The lowest BCUT2D eigenvalue weighted by Gasteiger charge is -2.42. The van der Waals surface area contributed by atoms with Crippen LogP contribution < -0.4 is 4.90 Å². The largest absolute Gasteiger partial charge is 0.378 e. The van der Waals surface area contributed by atoms with Crippen LogP contribution in [0.15, 0.2) is 30.4 Å². The van der Waals surface area contributed by atoms with E-state index < -0.39 is 0 Å². The fourth-order valence-corrected chi connectivity index (χ4v) is 9.05. The Labute approximate surface area is 234 Å². The van der Waals surface area contributed by atoms with Crippen molar-refractivity contribution in [3.8, 4) is 0 Å². The molecule has 0 spiro atoms. The standard InChI is InChI=1S/C34H47NO4/c1-18(2)23-9-7-10-24(19(3)4)32(23)35-33(36)21(6)30(34(35)37)31-28(13-20(5)15-38-16-22-17-39-22)27-14-29(31)26-12-8-11-25(26)27/h7-10,12,18-22,25-31H,11,13-17H2,1-6H3. The molecule has 6 rings (SSSR count). The summed E-state index contributed by atoms with van der Waals surface area (Å²) in [6, 6.07) is 6.29. The fourth-order valence-electron chi connectivity index (χ4n) is 9.05. The van der Waals surface area contributed by atoms with Crippen LogP contribution in [0.3, 0.4) is 0 Å². The van der Waals surface area contributed by atoms with Gasteiger partial charge in [0, 0.05) is 12.5 Å². The fraction of sp³-hybridized carbons (Fsp3) is 0.706. The molecule has 2 amide bonds. The van der Waals surface area contributed by atoms with Crippen LogP contribution in [0, 0.1) is 53.3 Å². The molecule has 5 nitrogen and oxygen atoms in total. The van der Waals surface area contributed by atoms with Gasteiger partial charge in [-0.3, -0.25) is 9.59 Å². The minimum atomic E-state index is -0.285. The molecule has 2 saturated heterocycles. The van der Waals surface area contributed by atoms with Crippen molar-refractivity contribution in [2.24, 2.45) is 53.3 Å². The minimum Gasteiger partial charge on any atom is -0.378 e. The molecular formula is C34H47NO4. The van der Waals surface area contributed by atoms with Gasteiger partial charge >= 0.3 is 0 Å². The Kier molecular flexibility index (Phi) is 7.29. The number of imide groups is 1. The van der Waals surface area contributed by atoms with Crippen LogP contribution in [-0.2, 0) is 19.1 Å². The van der Waals surface area contributed by atoms with E-state index in [0.29, 0.717) is 36.2 Å². The van der Waals surface area contributed by atoms with Gasteiger partial charge in [0.15, 0.2) is 0 Å². The van der Waals surface area contributed by atoms with Crippen LogP contribution in [0.1, 0.15) is 83.8 Å². The Morgan fingerprint density at radius 3 is 2.33 bits per heavy atom. The smallest absolute Gasteiger partial charge is 0.237 e. The highest BCUT2D eigenvalue weighted by molar-refractivity contribution is 6.22. The molecule has 1 aromatic rings. The van der Waals surface area contributed by atoms with Crippen LogP contribution in [0.5, 0.6) is 0 Å². The second-order valence-electron chi connectivity index (χ2n) is 14.0. The number of rotatable bonds is 10. The molecule has 2 saturated carbocycles. The maximum absolute atomic E-state index is 14.6. The van der Waals surface area contributed by atoms with E-state index in [1.54, 1.807) is 4.90 Å². The van der Waals surface area contributed by atoms with Crippen LogP contribution in [0.25, 0.3) is 0 Å². The number of benzene rings is 1. The summed E-state index contributed by atoms with van der Waals surface area (Å²) in [6.07, 6.45) is 8.57. The van der Waals surface area contributed by atoms with Crippen molar-refractivity contribution in [1.29, 1.82) is 0 Å². The Balaban J connectivity index is 1.32. The number of carbonyl (C=O) groups excluding carboxylic acids is 2. The van der Waals surface area contributed by atoms with Gasteiger partial charge in [-0.25, -0.2) is 4.90 Å². The topological polar surface area (TPSA) is 59.1 Å². The monoisotopic (exact) mass is 533 g/mol. The number of anilines is 1. The Hall–Kier alpha value is -1.98. The van der Waals surface area contributed by atoms with Gasteiger partial charge in [-0.2, -0.15) is 0 Å². The molecule has 10 unspecified atom stereocenters. The lowest BCUT2D eigenvalue weighted by Crippen LogP contribution is -2.42. The highest BCUT2D eigenvalue weighted by Gasteiger charge is 2.63. The van der Waals surface area contributed by atoms with Crippen LogP contribution in [-0.4, -0.2) is 37.7 Å². The van der Waals surface area contributed by atoms with Crippen LogP contribution in [0.4, 0.5) is 5.69 Å². The number of para-hydroxylation sites is 1. The van der Waals surface area contributed by atoms with E-state index in [0.717, 1.165) is 42.4 Å². The van der Waals surface area contributed by atoms with E-state index in [4.69, 9.17) is 9.47 Å². The van der Waals surface area contributed by atoms with Crippen molar-refractivity contribution in [2.45, 2.75) is 78.7 Å². The van der Waals surface area contributed by atoms with Gasteiger partial charge in [0.1, 0.15) is 6.10 Å². The summed E-state index contributed by atoms with van der Waals surface area (Å²) in [7, 11) is 0. The minimum absolute atomic E-state index is 0.000790. The Morgan fingerprint density at radius 2 is 1.69 bits per heavy atom. The molecule has 212 valence electrons. The van der Waals surface area contributed by atoms with Crippen molar-refractivity contribution in [1.82, 2.24) is 0 Å². The van der Waals surface area contributed by atoms with Crippen molar-refractivity contribution in [3.05, 3.63) is 41.5 Å². The number of hydrogen-bond donors (Lipinski definition) is 0. The molecular weight excluding hydrogens is 486 g/mol. The van der Waals surface area contributed by atoms with Crippen molar-refractivity contribution in [2.75, 3.05) is 24.7 Å². The first-order chi connectivity index (χ1) is 18.7. The molecule has 0 aromatic heterocycles. The molecule has 10 atom stereocenters. The predicted molar refractivity (Wildman–Crippen MR) is 153 cm³/mol. The predicted octanol–water partition coefficient (Wildman–Crippen LogP) is 6.57. The lowest BCUT2D eigenvalue weighted by molar-refractivity contribution is -0.125. The summed E-state index contributed by atoms with van der Waals surface area (Å²) < 4.78 is 11.3. The average Bonchev–Trinajstić information content (AvgIpc) is 3.21. The average molecular weight is 534 g/mol. The molecule has 2 aliphatic heterocycles. The Morgan fingerprint density at radius 1 is 1.00 bits per heavy atom. The third-order valence-electron chi connectivity index (χ3n) is 10.8. The zero-order valence-corrected chi connectivity index (χ0v) is 24.6. The van der Waals surface area contributed by atoms with Gasteiger partial charge in [0.2, 0.25) is 11.8 Å². The van der Waals surface area contributed by atoms with Crippen LogP contribution in [0.2, 0.25) is 0 Å². The second kappa shape index (κ2) is 10.4. The number of hydrogen-bond acceptors (Lipinski definition) is 4. The van der Waals surface area contributed by atoms with E-state index in [2.05, 4.69) is 65.0 Å². The van der Waals surface area contributed by atoms with E-state index in [9.17, 15) is 9.59 Å². The molecule has 2 heterocycles. The first-order valence-electron chi connectivity index (χ1n) is 15.6. The highest BCUT2D eigenvalue weighted by Crippen LogP contribution is 2.66. The maximum atomic E-state index is 14.6. The summed E-state index contributed by atoms with van der Waals surface area (Å²) in [5, 5.41) is 0. The number of epoxide rings is 1. The molecule has 39 heavy (non-hydrogen) atoms. The first kappa shape index (κ1) is 27.2. The third kappa shape index (κ3) is 4.62. The van der Waals surface area contributed by atoms with Gasteiger partial charge in [-0.15, -0.1) is 0 Å². The number of allylic oxidation sites excluding steroid dienone is 2. The number of fused-ring (bicyclic) bond motifs is 5. The highest BCUT2D eigenvalue weighted by atomic mass is 16.6. The summed E-state index contributed by atoms with van der Waals surface area (Å²) in [5.74, 6) is 3.61. The molecule has 3 aliphatic carbocycles. The number of ether oxygens (including phenoxy) is 2. The van der Waals surface area contributed by atoms with Gasteiger partial charge < -0.3 is 9.47 Å². The molecule has 0 N–H and O–H groups in total. The van der Waals surface area contributed by atoms with Gasteiger partial charge in [-0.1, -0.05) is 71.9 Å². The quantitative estimate of drug-likeness (QED) is 0.194. The van der Waals surface area contributed by atoms with Crippen molar-refractivity contribution < 1.29 is 19.1 Å². The zero-order valence-electron chi connectivity index (χ0n) is 24.6. The molecule has 1 aromatic carbocycles. The van der Waals surface area contributed by atoms with Crippen molar-refractivity contribution in [3.63, 3.8) is 0 Å². The van der Waals surface area contributed by atoms with E-state index in [-0.39, 0.29) is 47.5 Å². The lowest BCUT2D eigenvalue weighted by atomic mass is 9.61. The Bertz CT molecular complexity index is 1110. The third-order valence-corrected chi connectivity index (χ3v) is 10.8.